The normalized spacial score (nSPS) is 15.0. The maximum absolute atomic E-state index is 12.5. The van der Waals surface area contributed by atoms with Crippen LogP contribution in [0, 0.1) is 9.49 Å². The van der Waals surface area contributed by atoms with Crippen molar-refractivity contribution in [2.24, 2.45) is 5.92 Å². The summed E-state index contributed by atoms with van der Waals surface area (Å²) >= 11 is 5.61. The van der Waals surface area contributed by atoms with E-state index < -0.39 is 0 Å². The Morgan fingerprint density at radius 1 is 1.00 bits per heavy atom. The zero-order valence-electron chi connectivity index (χ0n) is 13.5. The molecule has 4 nitrogen and oxygen atoms in total. The van der Waals surface area contributed by atoms with Crippen LogP contribution in [0.4, 0.5) is 5.69 Å². The monoisotopic (exact) mass is 512 g/mol. The average molecular weight is 513 g/mol. The lowest BCUT2D eigenvalue weighted by Gasteiger charge is -2.31. The van der Waals surface area contributed by atoms with Crippen LogP contribution in [-0.2, 0) is 4.79 Å². The molecule has 1 N–H and O–H groups in total. The second-order valence-corrected chi connectivity index (χ2v) is 8.23. The number of anilines is 1. The summed E-state index contributed by atoms with van der Waals surface area (Å²) in [6.45, 7) is 1.22. The van der Waals surface area contributed by atoms with E-state index in [1.807, 2.05) is 53.4 Å². The van der Waals surface area contributed by atoms with Gasteiger partial charge in [0.15, 0.2) is 0 Å². The maximum Gasteiger partial charge on any atom is 0.253 e. The minimum atomic E-state index is -0.0479. The molecular weight excluding hydrogens is 495 g/mol. The number of nitrogens with zero attached hydrogens (tertiary/aromatic N) is 1. The largest absolute Gasteiger partial charge is 0.339 e. The van der Waals surface area contributed by atoms with E-state index in [2.05, 4.69) is 43.8 Å². The highest BCUT2D eigenvalue weighted by atomic mass is 127. The standard InChI is InChI=1S/C19H18BrIN2O2/c20-15-3-1-14(2-4-15)19(25)23-11-9-13(10-12-23)18(24)22-17-7-5-16(21)6-8-17/h1-8,13H,9-12H2,(H,22,24). The number of hydrogen-bond donors (Lipinski definition) is 1. The zero-order chi connectivity index (χ0) is 17.8. The molecule has 3 rings (SSSR count). The molecule has 2 aromatic carbocycles. The fourth-order valence-corrected chi connectivity index (χ4v) is 3.52. The molecule has 0 unspecified atom stereocenters. The number of carbonyl (C=O) groups is 2. The van der Waals surface area contributed by atoms with Crippen LogP contribution in [0.1, 0.15) is 23.2 Å². The first kappa shape index (κ1) is 18.4. The number of rotatable bonds is 3. The summed E-state index contributed by atoms with van der Waals surface area (Å²) in [6.07, 6.45) is 1.39. The summed E-state index contributed by atoms with van der Waals surface area (Å²) in [6, 6.07) is 15.1. The van der Waals surface area contributed by atoms with Crippen molar-refractivity contribution in [3.8, 4) is 0 Å². The van der Waals surface area contributed by atoms with Crippen molar-refractivity contribution in [2.75, 3.05) is 18.4 Å². The van der Waals surface area contributed by atoms with Gasteiger partial charge in [-0.3, -0.25) is 9.59 Å². The Labute approximate surface area is 169 Å². The second kappa shape index (κ2) is 8.31. The number of benzene rings is 2. The Bertz CT molecular complexity index is 754. The second-order valence-electron chi connectivity index (χ2n) is 6.07. The van der Waals surface area contributed by atoms with Crippen molar-refractivity contribution < 1.29 is 9.59 Å². The smallest absolute Gasteiger partial charge is 0.253 e. The van der Waals surface area contributed by atoms with E-state index in [4.69, 9.17) is 0 Å². The lowest BCUT2D eigenvalue weighted by atomic mass is 9.95. The lowest BCUT2D eigenvalue weighted by molar-refractivity contribution is -0.121. The van der Waals surface area contributed by atoms with Crippen molar-refractivity contribution in [3.05, 3.63) is 62.1 Å². The highest BCUT2D eigenvalue weighted by Crippen LogP contribution is 2.22. The topological polar surface area (TPSA) is 49.4 Å². The van der Waals surface area contributed by atoms with Crippen LogP contribution in [0.5, 0.6) is 0 Å². The summed E-state index contributed by atoms with van der Waals surface area (Å²) < 4.78 is 2.09. The minimum absolute atomic E-state index is 0.0315. The lowest BCUT2D eigenvalue weighted by Crippen LogP contribution is -2.41. The summed E-state index contributed by atoms with van der Waals surface area (Å²) in [5.74, 6) is 0.0224. The highest BCUT2D eigenvalue weighted by molar-refractivity contribution is 14.1. The molecule has 2 amide bonds. The minimum Gasteiger partial charge on any atom is -0.339 e. The quantitative estimate of drug-likeness (QED) is 0.613. The van der Waals surface area contributed by atoms with Gasteiger partial charge in [-0.25, -0.2) is 0 Å². The Balaban J connectivity index is 1.54. The van der Waals surface area contributed by atoms with E-state index in [0.29, 0.717) is 31.5 Å². The van der Waals surface area contributed by atoms with Crippen LogP contribution in [0.2, 0.25) is 0 Å². The van der Waals surface area contributed by atoms with Crippen molar-refractivity contribution in [1.29, 1.82) is 0 Å². The van der Waals surface area contributed by atoms with Gasteiger partial charge in [0, 0.05) is 38.3 Å². The van der Waals surface area contributed by atoms with E-state index in [1.54, 1.807) is 0 Å². The predicted octanol–water partition coefficient (Wildman–Crippen LogP) is 4.54. The van der Waals surface area contributed by atoms with Crippen LogP contribution < -0.4 is 5.32 Å². The van der Waals surface area contributed by atoms with Crippen LogP contribution in [0.25, 0.3) is 0 Å². The highest BCUT2D eigenvalue weighted by Gasteiger charge is 2.27. The maximum atomic E-state index is 12.5. The zero-order valence-corrected chi connectivity index (χ0v) is 17.3. The molecule has 0 saturated carbocycles. The summed E-state index contributed by atoms with van der Waals surface area (Å²) in [5, 5.41) is 2.97. The van der Waals surface area contributed by atoms with Crippen molar-refractivity contribution >= 4 is 56.0 Å². The van der Waals surface area contributed by atoms with Gasteiger partial charge in [0.05, 0.1) is 0 Å². The van der Waals surface area contributed by atoms with E-state index in [-0.39, 0.29) is 17.7 Å². The molecule has 1 aliphatic heterocycles. The molecule has 0 aromatic heterocycles. The summed E-state index contributed by atoms with van der Waals surface area (Å²) in [7, 11) is 0. The molecule has 1 heterocycles. The summed E-state index contributed by atoms with van der Waals surface area (Å²) in [4.78, 5) is 26.8. The third kappa shape index (κ3) is 4.82. The molecule has 2 aromatic rings. The van der Waals surface area contributed by atoms with Gasteiger partial charge in [-0.15, -0.1) is 0 Å². The molecule has 25 heavy (non-hydrogen) atoms. The summed E-state index contributed by atoms with van der Waals surface area (Å²) in [5.41, 5.74) is 1.50. The van der Waals surface area contributed by atoms with Crippen molar-refractivity contribution in [3.63, 3.8) is 0 Å². The Kier molecular flexibility index (Phi) is 6.11. The molecular formula is C19H18BrIN2O2. The Morgan fingerprint density at radius 2 is 1.60 bits per heavy atom. The predicted molar refractivity (Wildman–Crippen MR) is 111 cm³/mol. The Morgan fingerprint density at radius 3 is 2.20 bits per heavy atom. The number of hydrogen-bond acceptors (Lipinski definition) is 2. The van der Waals surface area contributed by atoms with Crippen LogP contribution >= 0.6 is 38.5 Å². The van der Waals surface area contributed by atoms with E-state index in [0.717, 1.165) is 13.7 Å². The van der Waals surface area contributed by atoms with Crippen molar-refractivity contribution in [1.82, 2.24) is 4.90 Å². The van der Waals surface area contributed by atoms with Gasteiger partial charge in [0.25, 0.3) is 5.91 Å². The first-order valence-corrected chi connectivity index (χ1v) is 10.0. The van der Waals surface area contributed by atoms with Gasteiger partial charge in [0.1, 0.15) is 0 Å². The van der Waals surface area contributed by atoms with Crippen LogP contribution in [-0.4, -0.2) is 29.8 Å². The molecule has 0 radical (unpaired) electrons. The molecule has 0 atom stereocenters. The average Bonchev–Trinajstić information content (AvgIpc) is 2.64. The van der Waals surface area contributed by atoms with Gasteiger partial charge >= 0.3 is 0 Å². The van der Waals surface area contributed by atoms with E-state index >= 15 is 0 Å². The first-order chi connectivity index (χ1) is 12.0. The molecule has 0 bridgehead atoms. The molecule has 130 valence electrons. The number of nitrogens with one attached hydrogen (secondary N) is 1. The van der Waals surface area contributed by atoms with Crippen molar-refractivity contribution in [2.45, 2.75) is 12.8 Å². The number of piperidine rings is 1. The van der Waals surface area contributed by atoms with E-state index in [9.17, 15) is 9.59 Å². The van der Waals surface area contributed by atoms with Gasteiger partial charge in [-0.1, -0.05) is 15.9 Å². The molecule has 0 aliphatic carbocycles. The molecule has 1 saturated heterocycles. The van der Waals surface area contributed by atoms with Gasteiger partial charge in [0.2, 0.25) is 5.91 Å². The molecule has 6 heteroatoms. The van der Waals surface area contributed by atoms with Crippen LogP contribution in [0.15, 0.2) is 53.0 Å². The number of likely N-dealkylation sites (tertiary alicyclic amines) is 1. The fraction of sp³-hybridized carbons (Fsp3) is 0.263. The van der Waals surface area contributed by atoms with Crippen LogP contribution in [0.3, 0.4) is 0 Å². The van der Waals surface area contributed by atoms with Gasteiger partial charge in [-0.05, 0) is 84.0 Å². The fourth-order valence-electron chi connectivity index (χ4n) is 2.90. The van der Waals surface area contributed by atoms with E-state index in [1.165, 1.54) is 0 Å². The SMILES string of the molecule is O=C(Nc1ccc(I)cc1)C1CCN(C(=O)c2ccc(Br)cc2)CC1. The number of halogens is 2. The van der Waals surface area contributed by atoms with Gasteiger partial charge < -0.3 is 10.2 Å². The Hall–Kier alpha value is -1.41. The molecule has 1 fully saturated rings. The number of carbonyl (C=O) groups excluding carboxylic acids is 2. The molecule has 0 spiro atoms. The third-order valence-corrected chi connectivity index (χ3v) is 5.60. The molecule has 1 aliphatic rings. The van der Waals surface area contributed by atoms with Gasteiger partial charge in [-0.2, -0.15) is 0 Å². The third-order valence-electron chi connectivity index (χ3n) is 4.36. The first-order valence-electron chi connectivity index (χ1n) is 8.14. The number of amides is 2.